The maximum atomic E-state index is 12.9. The predicted octanol–water partition coefficient (Wildman–Crippen LogP) is 2.37. The molecule has 27 heavy (non-hydrogen) atoms. The van der Waals surface area contributed by atoms with Crippen molar-refractivity contribution in [2.75, 3.05) is 12.4 Å². The van der Waals surface area contributed by atoms with E-state index in [2.05, 4.69) is 15.4 Å². The minimum atomic E-state index is -0.280. The Labute approximate surface area is 158 Å². The molecule has 138 valence electrons. The molecule has 4 aromatic rings. The summed E-state index contributed by atoms with van der Waals surface area (Å²) in [6, 6.07) is 8.97. The summed E-state index contributed by atoms with van der Waals surface area (Å²) in [6.45, 7) is 3.65. The third-order valence-corrected chi connectivity index (χ3v) is 5.06. The van der Waals surface area contributed by atoms with Crippen LogP contribution in [0.5, 0.6) is 5.75 Å². The van der Waals surface area contributed by atoms with Gasteiger partial charge in [0.05, 0.1) is 18.3 Å². The van der Waals surface area contributed by atoms with Crippen LogP contribution >= 0.6 is 11.3 Å². The molecular weight excluding hydrogens is 366 g/mol. The number of carbonyl (C=O) groups excluding carboxylic acids is 1. The first-order valence-corrected chi connectivity index (χ1v) is 9.09. The number of amides is 1. The Morgan fingerprint density at radius 2 is 2.07 bits per heavy atom. The molecular formula is C18H17N5O3S. The highest BCUT2D eigenvalue weighted by Crippen LogP contribution is 2.23. The Morgan fingerprint density at radius 3 is 2.85 bits per heavy atom. The van der Waals surface area contributed by atoms with E-state index in [0.29, 0.717) is 27.4 Å². The van der Waals surface area contributed by atoms with Gasteiger partial charge in [-0.05, 0) is 32.0 Å². The fourth-order valence-electron chi connectivity index (χ4n) is 3.04. The Kier molecular flexibility index (Phi) is 4.15. The molecule has 1 aromatic carbocycles. The summed E-state index contributed by atoms with van der Waals surface area (Å²) in [4.78, 5) is 30.5. The second kappa shape index (κ2) is 6.51. The molecule has 0 atom stereocenters. The van der Waals surface area contributed by atoms with E-state index in [1.807, 2.05) is 32.0 Å². The highest BCUT2D eigenvalue weighted by Gasteiger charge is 2.18. The van der Waals surface area contributed by atoms with Gasteiger partial charge in [0.2, 0.25) is 10.9 Å². The molecule has 0 bridgehead atoms. The number of anilines is 1. The van der Waals surface area contributed by atoms with Gasteiger partial charge in [0, 0.05) is 5.69 Å². The highest BCUT2D eigenvalue weighted by molar-refractivity contribution is 7.16. The van der Waals surface area contributed by atoms with Gasteiger partial charge in [-0.3, -0.25) is 9.59 Å². The van der Waals surface area contributed by atoms with Crippen LogP contribution in [0.15, 0.2) is 35.1 Å². The minimum absolute atomic E-state index is 0.0144. The normalized spacial score (nSPS) is 11.2. The van der Waals surface area contributed by atoms with E-state index < -0.39 is 0 Å². The Hall–Kier alpha value is -3.20. The molecule has 0 saturated carbocycles. The molecule has 1 amide bonds. The average molecular weight is 383 g/mol. The van der Waals surface area contributed by atoms with E-state index in [0.717, 1.165) is 10.7 Å². The molecule has 8 nitrogen and oxygen atoms in total. The van der Waals surface area contributed by atoms with Gasteiger partial charge in [0.1, 0.15) is 22.8 Å². The zero-order chi connectivity index (χ0) is 19.1. The smallest absolute Gasteiger partial charge is 0.299 e. The Bertz CT molecular complexity index is 1240. The molecule has 0 aliphatic rings. The van der Waals surface area contributed by atoms with Crippen LogP contribution in [0, 0.1) is 13.8 Å². The van der Waals surface area contributed by atoms with Crippen molar-refractivity contribution in [2.24, 2.45) is 0 Å². The lowest BCUT2D eigenvalue weighted by Crippen LogP contribution is -2.23. The largest absolute Gasteiger partial charge is 0.495 e. The van der Waals surface area contributed by atoms with E-state index in [1.165, 1.54) is 15.9 Å². The summed E-state index contributed by atoms with van der Waals surface area (Å²) in [5, 5.41) is 7.79. The van der Waals surface area contributed by atoms with E-state index in [-0.39, 0.29) is 18.0 Å². The lowest BCUT2D eigenvalue weighted by Gasteiger charge is -2.11. The number of para-hydroxylation sites is 2. The topological polar surface area (TPSA) is 90.5 Å². The van der Waals surface area contributed by atoms with Crippen molar-refractivity contribution in [1.29, 1.82) is 0 Å². The molecule has 0 saturated heterocycles. The lowest BCUT2D eigenvalue weighted by molar-refractivity contribution is -0.116. The van der Waals surface area contributed by atoms with Gasteiger partial charge in [-0.15, -0.1) is 0 Å². The number of hydrogen-bond donors (Lipinski definition) is 1. The molecule has 0 spiro atoms. The maximum absolute atomic E-state index is 12.9. The minimum Gasteiger partial charge on any atom is -0.495 e. The van der Waals surface area contributed by atoms with E-state index in [1.54, 1.807) is 23.8 Å². The van der Waals surface area contributed by atoms with Crippen LogP contribution in [0.3, 0.4) is 0 Å². The molecule has 3 heterocycles. The van der Waals surface area contributed by atoms with Crippen LogP contribution < -0.4 is 15.6 Å². The van der Waals surface area contributed by atoms with Gasteiger partial charge in [0.15, 0.2) is 0 Å². The highest BCUT2D eigenvalue weighted by atomic mass is 32.1. The number of nitrogens with one attached hydrogen (secondary N) is 1. The Balaban J connectivity index is 1.73. The fraction of sp³-hybridized carbons (Fsp3) is 0.222. The number of benzene rings is 1. The molecule has 1 N–H and O–H groups in total. The molecule has 0 fully saturated rings. The van der Waals surface area contributed by atoms with Crippen molar-refractivity contribution >= 4 is 38.9 Å². The monoisotopic (exact) mass is 383 g/mol. The van der Waals surface area contributed by atoms with E-state index >= 15 is 0 Å². The first-order chi connectivity index (χ1) is 13.0. The molecule has 4 rings (SSSR count). The summed E-state index contributed by atoms with van der Waals surface area (Å²) in [5.74, 6) is 0.306. The molecule has 0 aliphatic heterocycles. The molecule has 9 heteroatoms. The summed E-state index contributed by atoms with van der Waals surface area (Å²) in [5.41, 5.74) is 2.00. The summed E-state index contributed by atoms with van der Waals surface area (Å²) in [6.07, 6.45) is 0. The number of aryl methyl sites for hydroxylation is 2. The van der Waals surface area contributed by atoms with Gasteiger partial charge >= 0.3 is 0 Å². The van der Waals surface area contributed by atoms with E-state index in [9.17, 15) is 9.59 Å². The van der Waals surface area contributed by atoms with Gasteiger partial charge in [-0.2, -0.15) is 9.61 Å². The zero-order valence-electron chi connectivity index (χ0n) is 15.0. The van der Waals surface area contributed by atoms with Crippen LogP contribution in [-0.2, 0) is 11.3 Å². The number of nitrogens with zero attached hydrogens (tertiary/aromatic N) is 4. The Morgan fingerprint density at radius 1 is 1.30 bits per heavy atom. The first-order valence-electron chi connectivity index (χ1n) is 8.27. The number of methoxy groups -OCH3 is 1. The summed E-state index contributed by atoms with van der Waals surface area (Å²) < 4.78 is 8.20. The van der Waals surface area contributed by atoms with Crippen molar-refractivity contribution in [1.82, 2.24) is 19.2 Å². The van der Waals surface area contributed by atoms with Crippen LogP contribution in [0.4, 0.5) is 5.69 Å². The molecule has 0 unspecified atom stereocenters. The molecule has 0 radical (unpaired) electrons. The number of fused-ring (bicyclic) bond motifs is 2. The van der Waals surface area contributed by atoms with Crippen LogP contribution in [0.25, 0.3) is 16.0 Å². The number of hydrogen-bond acceptors (Lipinski definition) is 6. The SMILES string of the molecule is COc1ccccc1NC(=O)Cn1c(C)cc2nc3sc(C)nn3c(=O)c21. The number of carbonyl (C=O) groups is 1. The van der Waals surface area contributed by atoms with Crippen molar-refractivity contribution in [3.8, 4) is 5.75 Å². The molecule has 3 aromatic heterocycles. The molecule has 0 aliphatic carbocycles. The van der Waals surface area contributed by atoms with Crippen LogP contribution in [0.1, 0.15) is 10.7 Å². The summed E-state index contributed by atoms with van der Waals surface area (Å²) >= 11 is 1.35. The maximum Gasteiger partial charge on any atom is 0.299 e. The van der Waals surface area contributed by atoms with Crippen molar-refractivity contribution in [3.63, 3.8) is 0 Å². The average Bonchev–Trinajstić information content (AvgIpc) is 3.15. The van der Waals surface area contributed by atoms with Gasteiger partial charge in [0.25, 0.3) is 5.56 Å². The van der Waals surface area contributed by atoms with Crippen molar-refractivity contribution in [2.45, 2.75) is 20.4 Å². The first kappa shape index (κ1) is 17.2. The van der Waals surface area contributed by atoms with Crippen LogP contribution in [-0.4, -0.2) is 32.2 Å². The standard InChI is InChI=1S/C18H17N5O3S/c1-10-8-13-16(17(25)23-18(20-13)27-11(2)21-23)22(10)9-15(24)19-12-6-4-5-7-14(12)26-3/h4-8H,9H2,1-3H3,(H,19,24). The number of aromatic nitrogens is 4. The van der Waals surface area contributed by atoms with Crippen LogP contribution in [0.2, 0.25) is 0 Å². The third kappa shape index (κ3) is 2.95. The quantitative estimate of drug-likeness (QED) is 0.584. The van der Waals surface area contributed by atoms with E-state index in [4.69, 9.17) is 4.74 Å². The van der Waals surface area contributed by atoms with Crippen molar-refractivity contribution in [3.05, 3.63) is 51.4 Å². The zero-order valence-corrected chi connectivity index (χ0v) is 15.8. The lowest BCUT2D eigenvalue weighted by atomic mass is 10.3. The van der Waals surface area contributed by atoms with Crippen molar-refractivity contribution < 1.29 is 9.53 Å². The number of rotatable bonds is 4. The van der Waals surface area contributed by atoms with Gasteiger partial charge in [-0.25, -0.2) is 4.98 Å². The van der Waals surface area contributed by atoms with Gasteiger partial charge < -0.3 is 14.6 Å². The second-order valence-electron chi connectivity index (χ2n) is 6.09. The number of ether oxygens (including phenoxy) is 1. The predicted molar refractivity (Wildman–Crippen MR) is 104 cm³/mol. The summed E-state index contributed by atoms with van der Waals surface area (Å²) in [7, 11) is 1.54. The fourth-order valence-corrected chi connectivity index (χ4v) is 3.78. The third-order valence-electron chi connectivity index (χ3n) is 4.24. The second-order valence-corrected chi connectivity index (χ2v) is 7.25. The van der Waals surface area contributed by atoms with Gasteiger partial charge in [-0.1, -0.05) is 23.5 Å².